The van der Waals surface area contributed by atoms with E-state index in [0.29, 0.717) is 12.0 Å². The molecule has 1 atom stereocenters. The molecule has 1 unspecified atom stereocenters. The van der Waals surface area contributed by atoms with Crippen LogP contribution in [0.3, 0.4) is 0 Å². The van der Waals surface area contributed by atoms with Gasteiger partial charge in [0, 0.05) is 17.7 Å². The molecule has 1 heteroatoms. The maximum atomic E-state index is 2.32. The predicted molar refractivity (Wildman–Crippen MR) is 69.3 cm³/mol. The van der Waals surface area contributed by atoms with Crippen molar-refractivity contribution in [3.05, 3.63) is 78.7 Å². The minimum atomic E-state index is 0.393. The number of nitrogens with zero attached hydrogens (tertiary/aromatic N) is 1. The van der Waals surface area contributed by atoms with Crippen molar-refractivity contribution in [3.8, 4) is 0 Å². The summed E-state index contributed by atoms with van der Waals surface area (Å²) in [5.41, 5.74) is 1.42. The van der Waals surface area contributed by atoms with Crippen LogP contribution in [0, 0.1) is 5.92 Å². The van der Waals surface area contributed by atoms with E-state index in [0.717, 1.165) is 6.42 Å². The third kappa shape index (κ3) is 2.01. The van der Waals surface area contributed by atoms with Crippen LogP contribution in [0.5, 0.6) is 0 Å². The summed E-state index contributed by atoms with van der Waals surface area (Å²) in [6.07, 6.45) is 21.0. The van der Waals surface area contributed by atoms with Gasteiger partial charge in [0.2, 0.25) is 0 Å². The fourth-order valence-corrected chi connectivity index (χ4v) is 2.55. The van der Waals surface area contributed by atoms with Crippen molar-refractivity contribution in [3.63, 3.8) is 0 Å². The van der Waals surface area contributed by atoms with E-state index in [-0.39, 0.29) is 0 Å². The molecule has 0 fully saturated rings. The highest BCUT2D eigenvalue weighted by Crippen LogP contribution is 2.29. The first-order valence-corrected chi connectivity index (χ1v) is 6.12. The monoisotopic (exact) mass is 222 g/mol. The zero-order valence-electron chi connectivity index (χ0n) is 9.74. The molecule has 1 aromatic heterocycles. The van der Waals surface area contributed by atoms with Gasteiger partial charge in [-0.2, -0.15) is 4.57 Å². The molecular weight excluding hydrogens is 206 g/mol. The lowest BCUT2D eigenvalue weighted by molar-refractivity contribution is -0.717. The van der Waals surface area contributed by atoms with Crippen LogP contribution in [0.4, 0.5) is 0 Å². The van der Waals surface area contributed by atoms with E-state index in [2.05, 4.69) is 77.7 Å². The summed E-state index contributed by atoms with van der Waals surface area (Å²) in [6.45, 7) is 0. The van der Waals surface area contributed by atoms with E-state index >= 15 is 0 Å². The standard InChI is InChI=1S/C16H16N/c1-6-12-17(13-7-1)16(14-8-2-3-9-14)15-10-4-5-11-15/h1-4,6-14,16H,5H2/q+1. The van der Waals surface area contributed by atoms with Gasteiger partial charge in [-0.3, -0.25) is 0 Å². The molecule has 0 saturated heterocycles. The van der Waals surface area contributed by atoms with Gasteiger partial charge in [-0.05, 0) is 6.42 Å². The van der Waals surface area contributed by atoms with Crippen molar-refractivity contribution in [2.75, 3.05) is 0 Å². The predicted octanol–water partition coefficient (Wildman–Crippen LogP) is 3.14. The topological polar surface area (TPSA) is 3.88 Å². The summed E-state index contributed by atoms with van der Waals surface area (Å²) < 4.78 is 2.30. The Kier molecular flexibility index (Phi) is 2.74. The number of aromatic nitrogens is 1. The first-order chi connectivity index (χ1) is 8.45. The fraction of sp³-hybridized carbons (Fsp3) is 0.188. The molecule has 0 N–H and O–H groups in total. The van der Waals surface area contributed by atoms with Gasteiger partial charge in [-0.1, -0.05) is 48.6 Å². The van der Waals surface area contributed by atoms with Crippen LogP contribution >= 0.6 is 0 Å². The molecule has 84 valence electrons. The van der Waals surface area contributed by atoms with Crippen LogP contribution in [0.25, 0.3) is 0 Å². The normalized spacial score (nSPS) is 19.9. The Balaban J connectivity index is 1.99. The Bertz CT molecular complexity index is 494. The van der Waals surface area contributed by atoms with Gasteiger partial charge in [0.25, 0.3) is 0 Å². The van der Waals surface area contributed by atoms with Crippen LogP contribution in [0.2, 0.25) is 0 Å². The third-order valence-electron chi connectivity index (χ3n) is 3.34. The SMILES string of the molecule is C1=CC(C(C2=CCC=C2)[n+]2ccccc2)C=C1. The lowest BCUT2D eigenvalue weighted by Crippen LogP contribution is -2.42. The third-order valence-corrected chi connectivity index (χ3v) is 3.34. The smallest absolute Gasteiger partial charge is 0.192 e. The van der Waals surface area contributed by atoms with Gasteiger partial charge in [0.15, 0.2) is 18.4 Å². The number of hydrogen-bond acceptors (Lipinski definition) is 0. The lowest BCUT2D eigenvalue weighted by atomic mass is 9.94. The molecule has 3 rings (SSSR count). The molecule has 0 saturated carbocycles. The Morgan fingerprint density at radius 2 is 1.82 bits per heavy atom. The molecule has 2 aliphatic carbocycles. The summed E-state index contributed by atoms with van der Waals surface area (Å²) in [5, 5.41) is 0. The van der Waals surface area contributed by atoms with Crippen molar-refractivity contribution in [1.29, 1.82) is 0 Å². The molecule has 0 aromatic carbocycles. The van der Waals surface area contributed by atoms with Crippen LogP contribution in [-0.2, 0) is 0 Å². The van der Waals surface area contributed by atoms with Gasteiger partial charge in [0.1, 0.15) is 0 Å². The van der Waals surface area contributed by atoms with E-state index in [1.165, 1.54) is 5.57 Å². The summed E-state index contributed by atoms with van der Waals surface area (Å²) in [5.74, 6) is 0.469. The first-order valence-electron chi connectivity index (χ1n) is 6.12. The zero-order chi connectivity index (χ0) is 11.5. The second kappa shape index (κ2) is 4.54. The van der Waals surface area contributed by atoms with Gasteiger partial charge in [-0.25, -0.2) is 0 Å². The van der Waals surface area contributed by atoms with Gasteiger partial charge < -0.3 is 0 Å². The molecule has 2 aliphatic rings. The van der Waals surface area contributed by atoms with Crippen molar-refractivity contribution in [2.24, 2.45) is 5.92 Å². The molecular formula is C16H16N+. The molecule has 0 bridgehead atoms. The van der Waals surface area contributed by atoms with Gasteiger partial charge in [-0.15, -0.1) is 0 Å². The molecule has 1 aromatic rings. The minimum absolute atomic E-state index is 0.393. The molecule has 17 heavy (non-hydrogen) atoms. The Hall–Kier alpha value is -1.89. The number of hydrogen-bond donors (Lipinski definition) is 0. The van der Waals surface area contributed by atoms with Crippen LogP contribution in [0.1, 0.15) is 12.5 Å². The number of rotatable bonds is 3. The van der Waals surface area contributed by atoms with Crippen LogP contribution in [0.15, 0.2) is 78.7 Å². The second-order valence-corrected chi connectivity index (χ2v) is 4.46. The Morgan fingerprint density at radius 1 is 1.06 bits per heavy atom. The van der Waals surface area contributed by atoms with Crippen LogP contribution in [-0.4, -0.2) is 0 Å². The molecule has 0 amide bonds. The maximum Gasteiger partial charge on any atom is 0.192 e. The van der Waals surface area contributed by atoms with E-state index in [1.54, 1.807) is 0 Å². The first kappa shape index (κ1) is 10.3. The van der Waals surface area contributed by atoms with E-state index in [4.69, 9.17) is 0 Å². The van der Waals surface area contributed by atoms with Crippen molar-refractivity contribution >= 4 is 0 Å². The molecule has 0 radical (unpaired) electrons. The van der Waals surface area contributed by atoms with Gasteiger partial charge in [0.05, 0.1) is 5.92 Å². The van der Waals surface area contributed by atoms with E-state index in [1.807, 2.05) is 0 Å². The highest BCUT2D eigenvalue weighted by molar-refractivity contribution is 5.32. The Morgan fingerprint density at radius 3 is 2.47 bits per heavy atom. The summed E-state index contributed by atoms with van der Waals surface area (Å²) in [7, 11) is 0. The summed E-state index contributed by atoms with van der Waals surface area (Å²) >= 11 is 0. The Labute approximate surface area is 102 Å². The number of pyridine rings is 1. The number of allylic oxidation sites excluding steroid dienone is 8. The lowest BCUT2D eigenvalue weighted by Gasteiger charge is -2.16. The van der Waals surface area contributed by atoms with Crippen molar-refractivity contribution < 1.29 is 4.57 Å². The average Bonchev–Trinajstić information content (AvgIpc) is 3.04. The second-order valence-electron chi connectivity index (χ2n) is 4.46. The fourth-order valence-electron chi connectivity index (χ4n) is 2.55. The highest BCUT2D eigenvalue weighted by Gasteiger charge is 2.29. The zero-order valence-corrected chi connectivity index (χ0v) is 9.74. The van der Waals surface area contributed by atoms with E-state index < -0.39 is 0 Å². The molecule has 0 aliphatic heterocycles. The van der Waals surface area contributed by atoms with Crippen molar-refractivity contribution in [2.45, 2.75) is 12.5 Å². The summed E-state index contributed by atoms with van der Waals surface area (Å²) in [4.78, 5) is 0. The van der Waals surface area contributed by atoms with Crippen LogP contribution < -0.4 is 4.57 Å². The molecule has 1 nitrogen and oxygen atoms in total. The maximum absolute atomic E-state index is 2.32. The van der Waals surface area contributed by atoms with Gasteiger partial charge >= 0.3 is 0 Å². The molecule has 1 heterocycles. The largest absolute Gasteiger partial charge is 0.197 e. The minimum Gasteiger partial charge on any atom is -0.197 e. The van der Waals surface area contributed by atoms with Crippen molar-refractivity contribution in [1.82, 2.24) is 0 Å². The highest BCUT2D eigenvalue weighted by atomic mass is 15.0. The van der Waals surface area contributed by atoms with E-state index in [9.17, 15) is 0 Å². The quantitative estimate of drug-likeness (QED) is 0.692. The average molecular weight is 222 g/mol. The summed E-state index contributed by atoms with van der Waals surface area (Å²) in [6, 6.07) is 6.64. The molecule has 0 spiro atoms.